The summed E-state index contributed by atoms with van der Waals surface area (Å²) in [7, 11) is 0. The Hall–Kier alpha value is -3.16. The van der Waals surface area contributed by atoms with Gasteiger partial charge in [-0.2, -0.15) is 0 Å². The molecule has 0 spiro atoms. The lowest BCUT2D eigenvalue weighted by Crippen LogP contribution is -2.38. The molecule has 2 aliphatic rings. The first kappa shape index (κ1) is 30.8. The minimum atomic E-state index is -1.15. The second-order valence-corrected chi connectivity index (χ2v) is 8.97. The summed E-state index contributed by atoms with van der Waals surface area (Å²) < 4.78 is 10.1. The molecule has 0 aromatic heterocycles. The fourth-order valence-corrected chi connectivity index (χ4v) is 4.09. The molecule has 2 fully saturated rings. The highest BCUT2D eigenvalue weighted by atomic mass is 16.5. The molecule has 8 nitrogen and oxygen atoms in total. The quantitative estimate of drug-likeness (QED) is 0.211. The van der Waals surface area contributed by atoms with Crippen molar-refractivity contribution in [2.24, 2.45) is 16.7 Å². The minimum absolute atomic E-state index is 0.0278. The van der Waals surface area contributed by atoms with Gasteiger partial charge < -0.3 is 19.7 Å². The van der Waals surface area contributed by atoms with Gasteiger partial charge in [0.1, 0.15) is 6.10 Å². The number of aliphatic carboxylic acids is 2. The van der Waals surface area contributed by atoms with Crippen molar-refractivity contribution in [2.75, 3.05) is 6.61 Å². The first-order chi connectivity index (χ1) is 15.8. The minimum Gasteiger partial charge on any atom is -0.478 e. The number of hydrogen-bond donors (Lipinski definition) is 2. The summed E-state index contributed by atoms with van der Waals surface area (Å²) in [4.78, 5) is 41.6. The molecule has 2 N–H and O–H groups in total. The van der Waals surface area contributed by atoms with Crippen molar-refractivity contribution < 1.29 is 38.9 Å². The third-order valence-electron chi connectivity index (χ3n) is 6.76. The van der Waals surface area contributed by atoms with Crippen molar-refractivity contribution in [3.8, 4) is 0 Å². The Labute approximate surface area is 202 Å². The molecule has 34 heavy (non-hydrogen) atoms. The molecular weight excluding hydrogens is 440 g/mol. The van der Waals surface area contributed by atoms with Gasteiger partial charge in [-0.05, 0) is 37.0 Å². The molecule has 2 bridgehead atoms. The smallest absolute Gasteiger partial charge is 0.335 e. The van der Waals surface area contributed by atoms with Crippen LogP contribution in [0.1, 0.15) is 59.8 Å². The van der Waals surface area contributed by atoms with E-state index in [1.54, 1.807) is 0 Å². The average molecular weight is 479 g/mol. The second-order valence-electron chi connectivity index (χ2n) is 8.97. The third-order valence-corrected chi connectivity index (χ3v) is 6.76. The fraction of sp³-hybridized carbons (Fsp3) is 0.538. The van der Waals surface area contributed by atoms with Gasteiger partial charge in [0, 0.05) is 23.6 Å². The Morgan fingerprint density at radius 1 is 1.03 bits per heavy atom. The molecule has 0 heterocycles. The molecule has 2 aliphatic carbocycles. The van der Waals surface area contributed by atoms with Gasteiger partial charge in [-0.3, -0.25) is 0 Å². The largest absolute Gasteiger partial charge is 0.478 e. The van der Waals surface area contributed by atoms with Crippen LogP contribution in [-0.4, -0.2) is 46.8 Å². The van der Waals surface area contributed by atoms with Gasteiger partial charge in [-0.15, -0.1) is 0 Å². The lowest BCUT2D eigenvalue weighted by Gasteiger charge is -2.38. The molecule has 0 aromatic rings. The number of fused-ring (bicyclic) bond motifs is 2. The van der Waals surface area contributed by atoms with Crippen molar-refractivity contribution in [1.29, 1.82) is 0 Å². The van der Waals surface area contributed by atoms with Gasteiger partial charge in [0.25, 0.3) is 0 Å². The van der Waals surface area contributed by atoms with E-state index < -0.39 is 17.9 Å². The third kappa shape index (κ3) is 9.00. The van der Waals surface area contributed by atoms with Gasteiger partial charge in [-0.1, -0.05) is 59.9 Å². The van der Waals surface area contributed by atoms with Crippen molar-refractivity contribution >= 4 is 23.9 Å². The number of ether oxygens (including phenoxy) is 2. The van der Waals surface area contributed by atoms with Gasteiger partial charge in [0.05, 0.1) is 12.2 Å². The zero-order chi connectivity index (χ0) is 26.5. The van der Waals surface area contributed by atoms with Crippen LogP contribution in [0, 0.1) is 16.7 Å². The summed E-state index contributed by atoms with van der Waals surface area (Å²) in [6.07, 6.45) is 9.45. The zero-order valence-corrected chi connectivity index (χ0v) is 20.7. The molecule has 0 saturated heterocycles. The predicted octanol–water partition coefficient (Wildman–Crippen LogP) is 4.71. The fourth-order valence-electron chi connectivity index (χ4n) is 4.09. The highest BCUT2D eigenvalue weighted by Crippen LogP contribution is 2.66. The Balaban J connectivity index is 0.000000516. The monoisotopic (exact) mass is 478 g/mol. The lowest BCUT2D eigenvalue weighted by atomic mass is 9.70. The maximum absolute atomic E-state index is 11.3. The first-order valence-corrected chi connectivity index (χ1v) is 11.2. The molecule has 0 radical (unpaired) electrons. The number of carbonyl (C=O) groups excluding carboxylic acids is 2. The molecule has 2 saturated carbocycles. The van der Waals surface area contributed by atoms with Crippen LogP contribution in [0.15, 0.2) is 49.6 Å². The highest BCUT2D eigenvalue weighted by molar-refractivity contribution is 5.90. The van der Waals surface area contributed by atoms with Crippen molar-refractivity contribution in [2.45, 2.75) is 65.9 Å². The highest BCUT2D eigenvalue weighted by Gasteiger charge is 2.62. The van der Waals surface area contributed by atoms with Gasteiger partial charge in [0.2, 0.25) is 0 Å². The number of unbranched alkanes of at least 4 members (excludes halogenated alkanes) is 1. The molecule has 0 aromatic carbocycles. The van der Waals surface area contributed by atoms with Crippen molar-refractivity contribution in [3.05, 3.63) is 49.6 Å². The molecule has 190 valence electrons. The Kier molecular flexibility index (Phi) is 12.9. The van der Waals surface area contributed by atoms with E-state index in [1.807, 2.05) is 6.92 Å². The van der Waals surface area contributed by atoms with E-state index in [2.05, 4.69) is 45.2 Å². The van der Waals surface area contributed by atoms with Crippen LogP contribution in [0.3, 0.4) is 0 Å². The van der Waals surface area contributed by atoms with Crippen LogP contribution in [0.4, 0.5) is 0 Å². The van der Waals surface area contributed by atoms with Gasteiger partial charge in [0.15, 0.2) is 0 Å². The van der Waals surface area contributed by atoms with Crippen LogP contribution >= 0.6 is 0 Å². The first-order valence-electron chi connectivity index (χ1n) is 11.2. The molecule has 3 atom stereocenters. The van der Waals surface area contributed by atoms with E-state index in [4.69, 9.17) is 14.9 Å². The molecule has 2 rings (SSSR count). The zero-order valence-electron chi connectivity index (χ0n) is 20.7. The summed E-state index contributed by atoms with van der Waals surface area (Å²) >= 11 is 0. The van der Waals surface area contributed by atoms with Crippen molar-refractivity contribution in [1.82, 2.24) is 0 Å². The van der Waals surface area contributed by atoms with E-state index >= 15 is 0 Å². The summed E-state index contributed by atoms with van der Waals surface area (Å²) in [5.41, 5.74) is 0.495. The van der Waals surface area contributed by atoms with E-state index in [1.165, 1.54) is 25.0 Å². The average Bonchev–Trinajstić information content (AvgIpc) is 3.11. The number of carboxylic acid groups (broad SMARTS) is 2. The van der Waals surface area contributed by atoms with Gasteiger partial charge in [-0.25, -0.2) is 19.2 Å². The number of rotatable bonds is 9. The van der Waals surface area contributed by atoms with E-state index in [0.717, 1.165) is 31.4 Å². The van der Waals surface area contributed by atoms with Crippen molar-refractivity contribution in [3.63, 3.8) is 0 Å². The van der Waals surface area contributed by atoms with Crippen LogP contribution in [-0.2, 0) is 28.7 Å². The molecule has 3 unspecified atom stereocenters. The normalized spacial score (nSPS) is 23.4. The maximum Gasteiger partial charge on any atom is 0.335 e. The van der Waals surface area contributed by atoms with Gasteiger partial charge >= 0.3 is 23.9 Å². The second kappa shape index (κ2) is 14.2. The molecular formula is C26H38O8. The number of carbonyl (C=O) groups is 4. The predicted molar refractivity (Wildman–Crippen MR) is 129 cm³/mol. The summed E-state index contributed by atoms with van der Waals surface area (Å²) in [5, 5.41) is 16.2. The van der Waals surface area contributed by atoms with Crippen LogP contribution < -0.4 is 0 Å². The molecule has 8 heteroatoms. The number of carboxylic acids is 2. The summed E-state index contributed by atoms with van der Waals surface area (Å²) in [5.74, 6) is -2.34. The van der Waals surface area contributed by atoms with Crippen LogP contribution in [0.25, 0.3) is 0 Å². The number of esters is 2. The Morgan fingerprint density at radius 2 is 1.65 bits per heavy atom. The molecule has 0 aliphatic heterocycles. The Bertz CT molecular complexity index is 808. The summed E-state index contributed by atoms with van der Waals surface area (Å²) in [6.45, 7) is 19.0. The van der Waals surface area contributed by atoms with E-state index in [0.29, 0.717) is 17.9 Å². The van der Waals surface area contributed by atoms with Crippen LogP contribution in [0.2, 0.25) is 0 Å². The SMILES string of the molecule is C=CC(=C)C(=O)O.C=CC(=O)OC1CC2CCC1(C)C2(C)C.CCCCOC(=O)/C=C\C(=O)O. The van der Waals surface area contributed by atoms with E-state index in [-0.39, 0.29) is 23.1 Å². The summed E-state index contributed by atoms with van der Waals surface area (Å²) in [6, 6.07) is 0. The topological polar surface area (TPSA) is 127 Å². The molecule has 0 amide bonds. The standard InChI is InChI=1S/C13H20O2.C8H12O4.C5H6O2/c1-5-11(14)15-10-8-9-6-7-13(10,4)12(9,2)3;1-2-3-6-12-8(11)5-4-7(9)10;1-3-4(2)5(6)7/h5,9-10H,1,6-8H2,2-4H3;4-5H,2-3,6H2,1H3,(H,9,10);3H,1-2H2,(H,6,7)/b;5-4-;. The van der Waals surface area contributed by atoms with Crippen LogP contribution in [0.5, 0.6) is 0 Å². The number of hydrogen-bond acceptors (Lipinski definition) is 6. The lowest BCUT2D eigenvalue weighted by molar-refractivity contribution is -0.150. The maximum atomic E-state index is 11.3. The van der Waals surface area contributed by atoms with E-state index in [9.17, 15) is 19.2 Å². The Morgan fingerprint density at radius 3 is 2.00 bits per heavy atom.